The van der Waals surface area contributed by atoms with Gasteiger partial charge in [0, 0.05) is 13.1 Å². The van der Waals surface area contributed by atoms with E-state index >= 15 is 0 Å². The minimum Gasteiger partial charge on any atom is -0.491 e. The zero-order valence-electron chi connectivity index (χ0n) is 12.0. The van der Waals surface area contributed by atoms with E-state index in [1.165, 1.54) is 0 Å². The van der Waals surface area contributed by atoms with Crippen LogP contribution in [0.2, 0.25) is 0 Å². The van der Waals surface area contributed by atoms with Crippen molar-refractivity contribution < 1.29 is 14.9 Å². The van der Waals surface area contributed by atoms with E-state index in [1.54, 1.807) is 6.92 Å². The van der Waals surface area contributed by atoms with Gasteiger partial charge in [0.2, 0.25) is 0 Å². The molecule has 1 aromatic carbocycles. The Hall–Kier alpha value is -1.10. The van der Waals surface area contributed by atoms with E-state index in [2.05, 4.69) is 0 Å². The third-order valence-electron chi connectivity index (χ3n) is 2.88. The molecule has 0 heterocycles. The van der Waals surface area contributed by atoms with Crippen LogP contribution in [0.5, 0.6) is 5.75 Å². The number of hydrogen-bond acceptors (Lipinski definition) is 4. The quantitative estimate of drug-likeness (QED) is 0.748. The molecule has 0 saturated carbocycles. The van der Waals surface area contributed by atoms with Gasteiger partial charge in [-0.3, -0.25) is 0 Å². The van der Waals surface area contributed by atoms with Gasteiger partial charge in [-0.2, -0.15) is 0 Å². The number of ether oxygens (including phenoxy) is 1. The molecule has 2 atom stereocenters. The second kappa shape index (κ2) is 8.15. The van der Waals surface area contributed by atoms with E-state index in [4.69, 9.17) is 4.74 Å². The molecule has 0 aliphatic heterocycles. The monoisotopic (exact) mass is 267 g/mol. The lowest BCUT2D eigenvalue weighted by Gasteiger charge is -2.21. The topological polar surface area (TPSA) is 52.9 Å². The van der Waals surface area contributed by atoms with Crippen molar-refractivity contribution in [3.8, 4) is 5.75 Å². The molecule has 4 heteroatoms. The van der Waals surface area contributed by atoms with Crippen molar-refractivity contribution in [1.29, 1.82) is 0 Å². The van der Waals surface area contributed by atoms with Crippen molar-refractivity contribution in [2.75, 3.05) is 26.7 Å². The van der Waals surface area contributed by atoms with Crippen molar-refractivity contribution in [1.82, 2.24) is 4.90 Å². The lowest BCUT2D eigenvalue weighted by molar-refractivity contribution is 0.0708. The summed E-state index contributed by atoms with van der Waals surface area (Å²) in [4.78, 5) is 2.00. The number of aryl methyl sites for hydroxylation is 1. The average Bonchev–Trinajstić information content (AvgIpc) is 2.34. The van der Waals surface area contributed by atoms with Crippen LogP contribution in [-0.4, -0.2) is 54.1 Å². The number of aliphatic hydroxyl groups is 2. The molecule has 0 spiro atoms. The Morgan fingerprint density at radius 2 is 2.05 bits per heavy atom. The molecule has 0 fully saturated rings. The highest BCUT2D eigenvalue weighted by molar-refractivity contribution is 5.27. The summed E-state index contributed by atoms with van der Waals surface area (Å²) >= 11 is 0. The predicted octanol–water partition coefficient (Wildman–Crippen LogP) is 1.44. The third kappa shape index (κ3) is 7.15. The van der Waals surface area contributed by atoms with Crippen LogP contribution in [0.25, 0.3) is 0 Å². The maximum Gasteiger partial charge on any atom is 0.119 e. The lowest BCUT2D eigenvalue weighted by atomic mass is 10.2. The summed E-state index contributed by atoms with van der Waals surface area (Å²) < 4.78 is 5.55. The molecule has 0 bridgehead atoms. The van der Waals surface area contributed by atoms with E-state index in [9.17, 15) is 10.2 Å². The minimum atomic E-state index is -0.528. The van der Waals surface area contributed by atoms with Crippen molar-refractivity contribution in [3.05, 3.63) is 29.8 Å². The minimum absolute atomic E-state index is 0.280. The van der Waals surface area contributed by atoms with Gasteiger partial charge < -0.3 is 19.8 Å². The van der Waals surface area contributed by atoms with Gasteiger partial charge in [-0.05, 0) is 45.0 Å². The van der Waals surface area contributed by atoms with Crippen molar-refractivity contribution >= 4 is 0 Å². The highest BCUT2D eigenvalue weighted by Crippen LogP contribution is 2.12. The Labute approximate surface area is 115 Å². The largest absolute Gasteiger partial charge is 0.491 e. The van der Waals surface area contributed by atoms with Crippen LogP contribution in [0.1, 0.15) is 18.9 Å². The number of benzene rings is 1. The second-order valence-electron chi connectivity index (χ2n) is 5.18. The molecule has 0 saturated heterocycles. The normalized spacial score (nSPS) is 14.4. The highest BCUT2D eigenvalue weighted by Gasteiger charge is 2.10. The maximum atomic E-state index is 9.89. The molecule has 4 nitrogen and oxygen atoms in total. The molecule has 2 unspecified atom stereocenters. The predicted molar refractivity (Wildman–Crippen MR) is 76.5 cm³/mol. The van der Waals surface area contributed by atoms with Crippen LogP contribution in [0.15, 0.2) is 24.3 Å². The first kappa shape index (κ1) is 16.0. The Morgan fingerprint density at radius 1 is 1.32 bits per heavy atom. The van der Waals surface area contributed by atoms with Crippen LogP contribution in [0.4, 0.5) is 0 Å². The highest BCUT2D eigenvalue weighted by atomic mass is 16.5. The summed E-state index contributed by atoms with van der Waals surface area (Å²) in [5.41, 5.74) is 1.14. The third-order valence-corrected chi connectivity index (χ3v) is 2.88. The summed E-state index contributed by atoms with van der Waals surface area (Å²) in [6.07, 6.45) is -0.121. The molecule has 2 N–H and O–H groups in total. The Morgan fingerprint density at radius 3 is 2.68 bits per heavy atom. The molecule has 0 aliphatic rings. The molecule has 1 aromatic rings. The fraction of sp³-hybridized carbons (Fsp3) is 0.600. The van der Waals surface area contributed by atoms with E-state index in [-0.39, 0.29) is 12.7 Å². The van der Waals surface area contributed by atoms with Gasteiger partial charge >= 0.3 is 0 Å². The first-order valence-electron chi connectivity index (χ1n) is 6.71. The summed E-state index contributed by atoms with van der Waals surface area (Å²) in [5.74, 6) is 0.783. The fourth-order valence-electron chi connectivity index (χ4n) is 1.81. The maximum absolute atomic E-state index is 9.89. The van der Waals surface area contributed by atoms with Gasteiger partial charge in [-0.25, -0.2) is 0 Å². The standard InChI is InChI=1S/C15H25NO3/c1-12-5-4-6-15(9-12)19-11-14(18)10-16(3)8-7-13(2)17/h4-6,9,13-14,17-18H,7-8,10-11H2,1-3H3. The van der Waals surface area contributed by atoms with E-state index < -0.39 is 6.10 Å². The van der Waals surface area contributed by atoms with E-state index in [0.29, 0.717) is 13.0 Å². The smallest absolute Gasteiger partial charge is 0.119 e. The molecular formula is C15H25NO3. The van der Waals surface area contributed by atoms with E-state index in [0.717, 1.165) is 17.9 Å². The van der Waals surface area contributed by atoms with Crippen LogP contribution >= 0.6 is 0 Å². The van der Waals surface area contributed by atoms with Crippen molar-refractivity contribution in [2.24, 2.45) is 0 Å². The number of rotatable bonds is 8. The van der Waals surface area contributed by atoms with Crippen LogP contribution in [0.3, 0.4) is 0 Å². The summed E-state index contributed by atoms with van der Waals surface area (Å²) in [7, 11) is 1.93. The zero-order chi connectivity index (χ0) is 14.3. The lowest BCUT2D eigenvalue weighted by Crippen LogP contribution is -2.34. The first-order chi connectivity index (χ1) is 8.97. The Balaban J connectivity index is 2.25. The Bertz CT molecular complexity index is 368. The number of aliphatic hydroxyl groups excluding tert-OH is 2. The van der Waals surface area contributed by atoms with Crippen molar-refractivity contribution in [3.63, 3.8) is 0 Å². The second-order valence-corrected chi connectivity index (χ2v) is 5.18. The number of hydrogen-bond donors (Lipinski definition) is 2. The van der Waals surface area contributed by atoms with Gasteiger partial charge in [0.15, 0.2) is 0 Å². The van der Waals surface area contributed by atoms with Crippen molar-refractivity contribution in [2.45, 2.75) is 32.5 Å². The summed E-state index contributed by atoms with van der Waals surface area (Å²) in [5, 5.41) is 19.1. The first-order valence-corrected chi connectivity index (χ1v) is 6.71. The number of nitrogens with zero attached hydrogens (tertiary/aromatic N) is 1. The van der Waals surface area contributed by atoms with E-state index in [1.807, 2.05) is 43.1 Å². The van der Waals surface area contributed by atoms with Crippen LogP contribution in [0, 0.1) is 6.92 Å². The van der Waals surface area contributed by atoms with Gasteiger partial charge in [-0.1, -0.05) is 12.1 Å². The number of likely N-dealkylation sites (N-methyl/N-ethyl adjacent to an activating group) is 1. The van der Waals surface area contributed by atoms with Crippen LogP contribution in [-0.2, 0) is 0 Å². The van der Waals surface area contributed by atoms with Gasteiger partial charge in [0.05, 0.1) is 6.10 Å². The van der Waals surface area contributed by atoms with Gasteiger partial charge in [0.25, 0.3) is 0 Å². The summed E-state index contributed by atoms with van der Waals surface area (Å²) in [6.45, 7) is 5.36. The average molecular weight is 267 g/mol. The molecule has 0 aromatic heterocycles. The fourth-order valence-corrected chi connectivity index (χ4v) is 1.81. The molecule has 0 radical (unpaired) electrons. The molecule has 1 rings (SSSR count). The SMILES string of the molecule is Cc1cccc(OCC(O)CN(C)CCC(C)O)c1. The summed E-state index contributed by atoms with van der Waals surface area (Å²) in [6, 6.07) is 7.78. The van der Waals surface area contributed by atoms with Gasteiger partial charge in [0.1, 0.15) is 18.5 Å². The molecule has 0 aliphatic carbocycles. The zero-order valence-corrected chi connectivity index (χ0v) is 12.0. The molecule has 108 valence electrons. The Kier molecular flexibility index (Phi) is 6.84. The van der Waals surface area contributed by atoms with Crippen LogP contribution < -0.4 is 4.74 Å². The molecular weight excluding hydrogens is 242 g/mol. The molecule has 0 amide bonds. The van der Waals surface area contributed by atoms with Gasteiger partial charge in [-0.15, -0.1) is 0 Å². The molecule has 19 heavy (non-hydrogen) atoms.